The molecule has 1 aliphatic heterocycles. The van der Waals surface area contributed by atoms with E-state index >= 15 is 0 Å². The van der Waals surface area contributed by atoms with E-state index in [1.54, 1.807) is 57.4 Å². The number of rotatable bonds is 8. The average molecular weight is 463 g/mol. The number of pyridine rings is 1. The summed E-state index contributed by atoms with van der Waals surface area (Å²) >= 11 is 0. The largest absolute Gasteiger partial charge is 0.461 e. The first kappa shape index (κ1) is 23.0. The lowest BCUT2D eigenvalue weighted by atomic mass is 10.0. The van der Waals surface area contributed by atoms with E-state index in [2.05, 4.69) is 9.97 Å². The second-order valence-corrected chi connectivity index (χ2v) is 7.86. The molecule has 3 aromatic rings. The fraction of sp³-hybridized carbons (Fsp3) is 0.280. The number of Topliss-reactive ketones (excluding diaryl/α,β-unsaturated/α-hetero) is 1. The smallest absolute Gasteiger partial charge is 0.355 e. The quantitative estimate of drug-likeness (QED) is 0.402. The number of ether oxygens (including phenoxy) is 3. The number of aromatic nitrogens is 2. The van der Waals surface area contributed by atoms with Gasteiger partial charge in [-0.3, -0.25) is 14.6 Å². The molecular formula is C25H25N3O6. The van der Waals surface area contributed by atoms with Crippen molar-refractivity contribution in [3.8, 4) is 11.5 Å². The number of carbonyl (C=O) groups is 3. The number of esters is 1. The van der Waals surface area contributed by atoms with Crippen LogP contribution in [0, 0.1) is 13.8 Å². The molecule has 0 unspecified atom stereocenters. The molecule has 0 aliphatic carbocycles. The van der Waals surface area contributed by atoms with Crippen molar-refractivity contribution in [1.82, 2.24) is 14.9 Å². The predicted octanol–water partition coefficient (Wildman–Crippen LogP) is 3.46. The van der Waals surface area contributed by atoms with Crippen molar-refractivity contribution >= 4 is 17.7 Å². The van der Waals surface area contributed by atoms with Crippen molar-refractivity contribution < 1.29 is 28.6 Å². The molecule has 0 saturated carbocycles. The Hall–Kier alpha value is -4.14. The zero-order chi connectivity index (χ0) is 24.2. The number of fused-ring (bicyclic) bond motifs is 1. The molecule has 3 heterocycles. The van der Waals surface area contributed by atoms with Crippen molar-refractivity contribution in [2.24, 2.45) is 0 Å². The van der Waals surface area contributed by atoms with Crippen LogP contribution >= 0.6 is 0 Å². The summed E-state index contributed by atoms with van der Waals surface area (Å²) in [5, 5.41) is 0. The zero-order valence-electron chi connectivity index (χ0n) is 19.2. The van der Waals surface area contributed by atoms with Crippen molar-refractivity contribution in [2.45, 2.75) is 27.3 Å². The SMILES string of the molecule is CCOC(=O)c1[nH]c(C)c(C(=O)CN(Cc2cccnc2)C(=O)c2ccc3c(c2)OCO3)c1C. The van der Waals surface area contributed by atoms with Crippen LogP contribution in [0.1, 0.15) is 54.9 Å². The molecule has 176 valence electrons. The summed E-state index contributed by atoms with van der Waals surface area (Å²) in [5.74, 6) is -0.107. The molecule has 4 rings (SSSR count). The molecule has 34 heavy (non-hydrogen) atoms. The van der Waals surface area contributed by atoms with Gasteiger partial charge in [0, 0.05) is 35.8 Å². The van der Waals surface area contributed by atoms with Crippen molar-refractivity contribution in [3.63, 3.8) is 0 Å². The number of amides is 1. The van der Waals surface area contributed by atoms with Gasteiger partial charge in [-0.05, 0) is 56.2 Å². The van der Waals surface area contributed by atoms with Gasteiger partial charge in [-0.2, -0.15) is 0 Å². The van der Waals surface area contributed by atoms with E-state index in [0.29, 0.717) is 33.9 Å². The summed E-state index contributed by atoms with van der Waals surface area (Å²) in [6.07, 6.45) is 3.29. The Morgan fingerprint density at radius 1 is 1.15 bits per heavy atom. The number of aryl methyl sites for hydroxylation is 1. The van der Waals surface area contributed by atoms with Crippen LogP contribution in [0.25, 0.3) is 0 Å². The van der Waals surface area contributed by atoms with Gasteiger partial charge in [0.25, 0.3) is 5.91 Å². The molecule has 1 aromatic carbocycles. The molecular weight excluding hydrogens is 438 g/mol. The van der Waals surface area contributed by atoms with Gasteiger partial charge in [-0.1, -0.05) is 6.07 Å². The third-order valence-electron chi connectivity index (χ3n) is 5.53. The van der Waals surface area contributed by atoms with E-state index in [1.165, 1.54) is 4.90 Å². The van der Waals surface area contributed by atoms with Gasteiger partial charge in [0.05, 0.1) is 13.2 Å². The lowest BCUT2D eigenvalue weighted by Crippen LogP contribution is -2.35. The molecule has 0 bridgehead atoms. The Balaban J connectivity index is 1.63. The van der Waals surface area contributed by atoms with Crippen LogP contribution < -0.4 is 9.47 Å². The summed E-state index contributed by atoms with van der Waals surface area (Å²) in [4.78, 5) is 47.6. The molecule has 1 N–H and O–H groups in total. The van der Waals surface area contributed by atoms with Gasteiger partial charge in [-0.25, -0.2) is 4.79 Å². The fourth-order valence-corrected chi connectivity index (χ4v) is 3.95. The van der Waals surface area contributed by atoms with E-state index in [1.807, 2.05) is 6.07 Å². The van der Waals surface area contributed by atoms with Gasteiger partial charge in [0.15, 0.2) is 17.3 Å². The fourth-order valence-electron chi connectivity index (χ4n) is 3.95. The standard InChI is InChI=1S/C25H25N3O6/c1-4-32-25(31)23-15(2)22(16(3)27-23)19(29)13-28(12-17-6-5-9-26-11-17)24(30)18-7-8-20-21(10-18)34-14-33-20/h5-11,27H,4,12-14H2,1-3H3. The van der Waals surface area contributed by atoms with Crippen LogP contribution in [0.2, 0.25) is 0 Å². The normalized spacial score (nSPS) is 11.9. The van der Waals surface area contributed by atoms with E-state index in [0.717, 1.165) is 5.56 Å². The van der Waals surface area contributed by atoms with Crippen LogP contribution in [0.4, 0.5) is 0 Å². The van der Waals surface area contributed by atoms with Gasteiger partial charge in [0.1, 0.15) is 5.69 Å². The summed E-state index contributed by atoms with van der Waals surface area (Å²) in [6, 6.07) is 8.53. The minimum Gasteiger partial charge on any atom is -0.461 e. The number of hydrogen-bond acceptors (Lipinski definition) is 7. The van der Waals surface area contributed by atoms with Crippen molar-refractivity contribution in [3.05, 3.63) is 76.4 Å². The number of H-pyrrole nitrogens is 1. The maximum absolute atomic E-state index is 13.5. The Bertz CT molecular complexity index is 1230. The highest BCUT2D eigenvalue weighted by molar-refractivity contribution is 6.05. The van der Waals surface area contributed by atoms with Crippen LogP contribution in [-0.4, -0.2) is 52.5 Å². The van der Waals surface area contributed by atoms with Gasteiger partial charge < -0.3 is 24.1 Å². The Kier molecular flexibility index (Phi) is 6.62. The lowest BCUT2D eigenvalue weighted by Gasteiger charge is -2.22. The van der Waals surface area contributed by atoms with E-state index in [4.69, 9.17) is 14.2 Å². The first-order chi connectivity index (χ1) is 16.4. The minimum atomic E-state index is -0.522. The molecule has 0 atom stereocenters. The van der Waals surface area contributed by atoms with Gasteiger partial charge >= 0.3 is 5.97 Å². The minimum absolute atomic E-state index is 0.0969. The maximum atomic E-state index is 13.5. The second-order valence-electron chi connectivity index (χ2n) is 7.86. The molecule has 9 nitrogen and oxygen atoms in total. The summed E-state index contributed by atoms with van der Waals surface area (Å²) in [7, 11) is 0. The molecule has 2 aromatic heterocycles. The molecule has 0 saturated heterocycles. The zero-order valence-corrected chi connectivity index (χ0v) is 19.2. The number of nitrogens with one attached hydrogen (secondary N) is 1. The monoisotopic (exact) mass is 463 g/mol. The molecule has 0 spiro atoms. The summed E-state index contributed by atoms with van der Waals surface area (Å²) < 4.78 is 15.8. The molecule has 0 fully saturated rings. The van der Waals surface area contributed by atoms with Crippen LogP contribution in [0.5, 0.6) is 11.5 Å². The molecule has 9 heteroatoms. The van der Waals surface area contributed by atoms with Crippen molar-refractivity contribution in [1.29, 1.82) is 0 Å². The summed E-state index contributed by atoms with van der Waals surface area (Å²) in [5.41, 5.74) is 2.80. The predicted molar refractivity (Wildman–Crippen MR) is 122 cm³/mol. The summed E-state index contributed by atoms with van der Waals surface area (Å²) in [6.45, 7) is 5.43. The van der Waals surface area contributed by atoms with E-state index in [-0.39, 0.29) is 43.9 Å². The van der Waals surface area contributed by atoms with Crippen LogP contribution in [-0.2, 0) is 11.3 Å². The highest BCUT2D eigenvalue weighted by atomic mass is 16.7. The third kappa shape index (κ3) is 4.63. The molecule has 1 aliphatic rings. The van der Waals surface area contributed by atoms with Gasteiger partial charge in [-0.15, -0.1) is 0 Å². The second kappa shape index (κ2) is 9.78. The van der Waals surface area contributed by atoms with Crippen LogP contribution in [0.3, 0.4) is 0 Å². The molecule has 0 radical (unpaired) electrons. The van der Waals surface area contributed by atoms with Crippen LogP contribution in [0.15, 0.2) is 42.7 Å². The lowest BCUT2D eigenvalue weighted by molar-refractivity contribution is 0.0519. The maximum Gasteiger partial charge on any atom is 0.355 e. The average Bonchev–Trinajstić information content (AvgIpc) is 3.42. The number of nitrogens with zero attached hydrogens (tertiary/aromatic N) is 2. The highest BCUT2D eigenvalue weighted by Gasteiger charge is 2.27. The highest BCUT2D eigenvalue weighted by Crippen LogP contribution is 2.33. The third-order valence-corrected chi connectivity index (χ3v) is 5.53. The van der Waals surface area contributed by atoms with E-state index in [9.17, 15) is 14.4 Å². The van der Waals surface area contributed by atoms with E-state index < -0.39 is 5.97 Å². The number of ketones is 1. The first-order valence-electron chi connectivity index (χ1n) is 10.9. The Morgan fingerprint density at radius 3 is 2.68 bits per heavy atom. The Labute approximate surface area is 196 Å². The number of aromatic amines is 1. The Morgan fingerprint density at radius 2 is 1.94 bits per heavy atom. The van der Waals surface area contributed by atoms with Crippen molar-refractivity contribution in [2.75, 3.05) is 19.9 Å². The van der Waals surface area contributed by atoms with Gasteiger partial charge in [0.2, 0.25) is 6.79 Å². The molecule has 1 amide bonds. The number of hydrogen-bond donors (Lipinski definition) is 1. The number of benzene rings is 1. The first-order valence-corrected chi connectivity index (χ1v) is 10.9. The topological polar surface area (TPSA) is 111 Å². The number of carbonyl (C=O) groups excluding carboxylic acids is 3.